The molecule has 7 rings (SSSR count). The lowest BCUT2D eigenvalue weighted by molar-refractivity contribution is -0.230. The van der Waals surface area contributed by atoms with E-state index in [1.807, 2.05) is 0 Å². The second-order valence-electron chi connectivity index (χ2n) is 18.7. The van der Waals surface area contributed by atoms with Crippen molar-refractivity contribution in [3.8, 4) is 0 Å². The fraction of sp³-hybridized carbons (Fsp3) is 0.578. The molecule has 1 unspecified atom stereocenters. The lowest BCUT2D eigenvalue weighted by atomic mass is 9.48. The summed E-state index contributed by atoms with van der Waals surface area (Å²) in [6.45, 7) is 12.4. The van der Waals surface area contributed by atoms with Crippen molar-refractivity contribution in [2.24, 2.45) is 28.1 Å². The van der Waals surface area contributed by atoms with Crippen molar-refractivity contribution in [3.05, 3.63) is 82.9 Å². The van der Waals surface area contributed by atoms with Gasteiger partial charge in [-0.25, -0.2) is 14.4 Å². The number of fused-ring (bicyclic) bond motifs is 4. The minimum atomic E-state index is -2.34. The van der Waals surface area contributed by atoms with Gasteiger partial charge in [-0.2, -0.15) is 0 Å². The maximum atomic E-state index is 15.3. The minimum Gasteiger partial charge on any atom is -0.461 e. The van der Waals surface area contributed by atoms with E-state index in [0.29, 0.717) is 5.56 Å². The molecule has 1 spiro atoms. The average Bonchev–Trinajstić information content (AvgIpc) is 3.81. The van der Waals surface area contributed by atoms with Gasteiger partial charge in [0, 0.05) is 37.0 Å². The summed E-state index contributed by atoms with van der Waals surface area (Å²) in [5, 5.41) is 52.5. The number of Topliss-reactive ketones (excluding diaryl/α,β-unsaturated/α-hetero) is 1. The molecule has 1 saturated heterocycles. The SMILES string of the molecule is CC(=O)O[C@@H]1C2[C@@H]3CO[C@@H]3C[C@H](O)[C@@]3(C)C(=O)[C@H](O)C4=C(C)[C@@H](OC(=O)[C@H](O)[C@@H](NC(=O)OC(C)(C)C)c5ccccc5)C[C@@](O)([C@@H](OC(=O)c5ccccc5)[C@]213)C4(C)C. The van der Waals surface area contributed by atoms with Gasteiger partial charge in [0.15, 0.2) is 11.9 Å². The van der Waals surface area contributed by atoms with Gasteiger partial charge in [-0.3, -0.25) is 9.59 Å². The number of nitrogens with one attached hydrogen (secondary N) is 1. The highest BCUT2D eigenvalue weighted by Crippen LogP contribution is 2.78. The normalized spacial score (nSPS) is 36.2. The lowest BCUT2D eigenvalue weighted by Crippen LogP contribution is -2.72. The largest absolute Gasteiger partial charge is 0.461 e. The minimum absolute atomic E-state index is 0.0259. The molecule has 1 aliphatic heterocycles. The van der Waals surface area contributed by atoms with E-state index in [4.69, 9.17) is 23.7 Å². The molecule has 4 aliphatic carbocycles. The molecule has 15 nitrogen and oxygen atoms in total. The van der Waals surface area contributed by atoms with Crippen LogP contribution in [0, 0.1) is 28.1 Å². The summed E-state index contributed by atoms with van der Waals surface area (Å²) in [6.07, 6.45) is -12.0. The third-order valence-corrected chi connectivity index (χ3v) is 13.9. The molecule has 60 heavy (non-hydrogen) atoms. The molecule has 2 aromatic rings. The van der Waals surface area contributed by atoms with Crippen molar-refractivity contribution in [3.63, 3.8) is 0 Å². The number of aliphatic hydroxyl groups excluding tert-OH is 3. The second kappa shape index (κ2) is 15.0. The van der Waals surface area contributed by atoms with E-state index in [0.717, 1.165) is 0 Å². The first kappa shape index (κ1) is 43.4. The average molecular weight is 834 g/mol. The lowest BCUT2D eigenvalue weighted by Gasteiger charge is -2.60. The van der Waals surface area contributed by atoms with Crippen molar-refractivity contribution in [1.82, 2.24) is 5.32 Å². The molecule has 5 N–H and O–H groups in total. The molecule has 1 heterocycles. The molecule has 0 radical (unpaired) electrons. The number of benzene rings is 2. The van der Waals surface area contributed by atoms with Crippen LogP contribution in [-0.4, -0.2) is 111 Å². The number of ether oxygens (including phenoxy) is 5. The van der Waals surface area contributed by atoms with Crippen LogP contribution in [0.2, 0.25) is 0 Å². The van der Waals surface area contributed by atoms with Gasteiger partial charge in [0.1, 0.15) is 35.6 Å². The summed E-state index contributed by atoms with van der Waals surface area (Å²) in [5.74, 6) is -4.92. The van der Waals surface area contributed by atoms with Crippen LogP contribution in [0.15, 0.2) is 71.8 Å². The molecule has 13 atom stereocenters. The summed E-state index contributed by atoms with van der Waals surface area (Å²) < 4.78 is 29.8. The van der Waals surface area contributed by atoms with Gasteiger partial charge in [0.25, 0.3) is 0 Å². The molecule has 0 aromatic heterocycles. The van der Waals surface area contributed by atoms with Crippen LogP contribution in [0.3, 0.4) is 0 Å². The zero-order chi connectivity index (χ0) is 43.9. The Morgan fingerprint density at radius 1 is 0.933 bits per heavy atom. The standard InChI is InChI=1S/C45H55NO14/c1-22-28(58-38(53)34(50)32(24-15-11-9-12-16-24)46-40(54)60-41(3,4)5)20-44(55)39(59-37(52)25-17-13-10-14-18-25)45-31(36(45)57-23(2)47)26-21-56-27(26)19-29(48)43(45,8)35(51)33(49)30(22)42(44,6)7/h9-18,26-29,31-34,36,39,48-50,55H,19-21H2,1-8H3,(H,46,54)/t26-,27-,28+,29+,31?,32+,33-,34-,36-,39-,43+,44-,45+/m1/s1. The summed E-state index contributed by atoms with van der Waals surface area (Å²) in [6, 6.07) is 14.8. The van der Waals surface area contributed by atoms with Gasteiger partial charge >= 0.3 is 24.0 Å². The first-order chi connectivity index (χ1) is 28.0. The number of hydrogen-bond acceptors (Lipinski definition) is 14. The number of esters is 3. The summed E-state index contributed by atoms with van der Waals surface area (Å²) in [5.41, 5.74) is -8.16. The van der Waals surface area contributed by atoms with Crippen LogP contribution in [0.1, 0.15) is 90.2 Å². The predicted molar refractivity (Wildman–Crippen MR) is 211 cm³/mol. The third kappa shape index (κ3) is 6.64. The van der Waals surface area contributed by atoms with E-state index >= 15 is 4.79 Å². The molecule has 15 heteroatoms. The summed E-state index contributed by atoms with van der Waals surface area (Å²) in [4.78, 5) is 69.7. The Hall–Kier alpha value is -4.67. The number of aliphatic hydroxyl groups is 4. The maximum Gasteiger partial charge on any atom is 0.408 e. The number of alkyl carbamates (subject to hydrolysis) is 1. The van der Waals surface area contributed by atoms with E-state index in [-0.39, 0.29) is 29.7 Å². The van der Waals surface area contributed by atoms with Crippen molar-refractivity contribution in [2.75, 3.05) is 6.61 Å². The van der Waals surface area contributed by atoms with Crippen LogP contribution in [0.25, 0.3) is 0 Å². The van der Waals surface area contributed by atoms with Crippen molar-refractivity contribution in [1.29, 1.82) is 0 Å². The summed E-state index contributed by atoms with van der Waals surface area (Å²) in [7, 11) is 0. The van der Waals surface area contributed by atoms with E-state index < -0.39 is 124 Å². The quantitative estimate of drug-likeness (QED) is 0.146. The molecular formula is C45H55NO14. The highest BCUT2D eigenvalue weighted by Gasteiger charge is 2.90. The Morgan fingerprint density at radius 2 is 1.55 bits per heavy atom. The number of carbonyl (C=O) groups excluding carboxylic acids is 5. The van der Waals surface area contributed by atoms with Crippen LogP contribution in [-0.2, 0) is 38.1 Å². The van der Waals surface area contributed by atoms with Gasteiger partial charge in [-0.05, 0) is 63.5 Å². The zero-order valence-electron chi connectivity index (χ0n) is 35.0. The Kier molecular flexibility index (Phi) is 10.9. The first-order valence-electron chi connectivity index (χ1n) is 20.3. The molecule has 3 saturated carbocycles. The smallest absolute Gasteiger partial charge is 0.408 e. The number of ketones is 1. The third-order valence-electron chi connectivity index (χ3n) is 13.9. The second-order valence-corrected chi connectivity index (χ2v) is 18.7. The van der Waals surface area contributed by atoms with E-state index in [2.05, 4.69) is 5.32 Å². The maximum absolute atomic E-state index is 15.3. The number of rotatable bonds is 8. The van der Waals surface area contributed by atoms with Crippen LogP contribution in [0.5, 0.6) is 0 Å². The molecule has 2 bridgehead atoms. The van der Waals surface area contributed by atoms with E-state index in [9.17, 15) is 39.6 Å². The van der Waals surface area contributed by atoms with E-state index in [1.165, 1.54) is 32.9 Å². The molecule has 324 valence electrons. The van der Waals surface area contributed by atoms with Crippen molar-refractivity contribution in [2.45, 2.75) is 128 Å². The Morgan fingerprint density at radius 3 is 2.12 bits per heavy atom. The molecule has 4 fully saturated rings. The van der Waals surface area contributed by atoms with Gasteiger partial charge in [-0.15, -0.1) is 0 Å². The highest BCUT2D eigenvalue weighted by atomic mass is 16.6. The van der Waals surface area contributed by atoms with E-state index in [1.54, 1.807) is 83.1 Å². The zero-order valence-corrected chi connectivity index (χ0v) is 35.0. The summed E-state index contributed by atoms with van der Waals surface area (Å²) >= 11 is 0. The highest BCUT2D eigenvalue weighted by molar-refractivity contribution is 5.95. The monoisotopic (exact) mass is 833 g/mol. The molecule has 2 aromatic carbocycles. The van der Waals surface area contributed by atoms with Gasteiger partial charge in [0.05, 0.1) is 41.3 Å². The Balaban J connectivity index is 1.37. The topological polar surface area (TPSA) is 224 Å². The molecular weight excluding hydrogens is 778 g/mol. The fourth-order valence-corrected chi connectivity index (χ4v) is 10.9. The Labute approximate surface area is 348 Å². The number of hydrogen-bond donors (Lipinski definition) is 5. The molecule has 5 aliphatic rings. The van der Waals surface area contributed by atoms with Crippen LogP contribution < -0.4 is 5.32 Å². The van der Waals surface area contributed by atoms with Gasteiger partial charge in [-0.1, -0.05) is 62.4 Å². The van der Waals surface area contributed by atoms with Crippen molar-refractivity contribution >= 4 is 29.8 Å². The Bertz CT molecular complexity index is 2080. The van der Waals surface area contributed by atoms with Gasteiger partial charge < -0.3 is 49.4 Å². The first-order valence-corrected chi connectivity index (χ1v) is 20.3. The number of amides is 1. The molecule has 1 amide bonds. The van der Waals surface area contributed by atoms with Crippen molar-refractivity contribution < 1.29 is 68.1 Å². The van der Waals surface area contributed by atoms with Crippen LogP contribution in [0.4, 0.5) is 4.79 Å². The van der Waals surface area contributed by atoms with Crippen LogP contribution >= 0.6 is 0 Å². The number of carbonyl (C=O) groups is 5. The fourth-order valence-electron chi connectivity index (χ4n) is 10.9. The predicted octanol–water partition coefficient (Wildman–Crippen LogP) is 3.51. The van der Waals surface area contributed by atoms with Gasteiger partial charge in [0.2, 0.25) is 0 Å².